The standard InChI is InChI=1S/C24H32BrNO3/c1-13-6-7-19-22(2,3)9-14(28-5)10-24(19)23(13,4)11-16-18(25)8-15-17(20(16)29-24)12-26-21(15)27/h8,13-14,19H,6-7,9-12H2,1-5H3,(H,26,27)/t13-,14?,19-,23+,24-/m0/s1. The Hall–Kier alpha value is -1.07. The molecule has 1 aromatic rings. The van der Waals surface area contributed by atoms with Crippen molar-refractivity contribution < 1.29 is 14.3 Å². The molecule has 5 rings (SSSR count). The molecule has 2 fully saturated rings. The maximum atomic E-state index is 12.4. The van der Waals surface area contributed by atoms with Crippen molar-refractivity contribution in [1.82, 2.24) is 5.32 Å². The van der Waals surface area contributed by atoms with Gasteiger partial charge in [-0.3, -0.25) is 4.79 Å². The number of fused-ring (bicyclic) bond motifs is 3. The second-order valence-electron chi connectivity index (χ2n) is 10.7. The van der Waals surface area contributed by atoms with Crippen LogP contribution in [0.15, 0.2) is 10.5 Å². The highest BCUT2D eigenvalue weighted by Gasteiger charge is 2.67. The van der Waals surface area contributed by atoms with Gasteiger partial charge in [0.05, 0.1) is 6.10 Å². The van der Waals surface area contributed by atoms with Crippen LogP contribution < -0.4 is 10.1 Å². The molecular formula is C24H32BrNO3. The van der Waals surface area contributed by atoms with Gasteiger partial charge in [-0.2, -0.15) is 0 Å². The minimum Gasteiger partial charge on any atom is -0.486 e. The molecule has 5 atom stereocenters. The van der Waals surface area contributed by atoms with Gasteiger partial charge in [0, 0.05) is 52.6 Å². The van der Waals surface area contributed by atoms with Crippen molar-refractivity contribution in [3.05, 3.63) is 27.2 Å². The van der Waals surface area contributed by atoms with E-state index in [4.69, 9.17) is 9.47 Å². The van der Waals surface area contributed by atoms with Crippen LogP contribution in [-0.2, 0) is 17.7 Å². The third-order valence-electron chi connectivity index (χ3n) is 9.00. The fourth-order valence-corrected chi connectivity index (χ4v) is 7.78. The molecule has 2 heterocycles. The summed E-state index contributed by atoms with van der Waals surface area (Å²) in [7, 11) is 1.84. The lowest BCUT2D eigenvalue weighted by Crippen LogP contribution is -2.70. The first kappa shape index (κ1) is 19.9. The van der Waals surface area contributed by atoms with Crippen LogP contribution in [0, 0.1) is 22.7 Å². The number of benzene rings is 1. The van der Waals surface area contributed by atoms with Crippen molar-refractivity contribution in [3.8, 4) is 5.75 Å². The molecule has 1 amide bonds. The number of carbonyl (C=O) groups is 1. The van der Waals surface area contributed by atoms with Crippen molar-refractivity contribution in [2.75, 3.05) is 7.11 Å². The Bertz CT molecular complexity index is 897. The van der Waals surface area contributed by atoms with E-state index in [9.17, 15) is 4.79 Å². The summed E-state index contributed by atoms with van der Waals surface area (Å²) < 4.78 is 14.2. The van der Waals surface area contributed by atoms with Gasteiger partial charge < -0.3 is 14.8 Å². The van der Waals surface area contributed by atoms with E-state index in [0.29, 0.717) is 18.4 Å². The van der Waals surface area contributed by atoms with Gasteiger partial charge in [0.2, 0.25) is 0 Å². The first-order chi connectivity index (χ1) is 13.6. The molecule has 5 heteroatoms. The van der Waals surface area contributed by atoms with Crippen LogP contribution in [0.4, 0.5) is 0 Å². The number of amides is 1. The molecule has 1 aromatic carbocycles. The Morgan fingerprint density at radius 2 is 1.97 bits per heavy atom. The summed E-state index contributed by atoms with van der Waals surface area (Å²) >= 11 is 3.77. The van der Waals surface area contributed by atoms with E-state index in [1.165, 1.54) is 18.4 Å². The van der Waals surface area contributed by atoms with Crippen molar-refractivity contribution in [2.45, 2.75) is 78.0 Å². The minimum atomic E-state index is -0.264. The Balaban J connectivity index is 1.74. The SMILES string of the molecule is COC1CC(C)(C)[C@@H]2CC[C@H](C)[C@@]3(C)Cc4c(Br)cc5c(c4O[C@@]23C1)CNC5=O. The van der Waals surface area contributed by atoms with Gasteiger partial charge in [-0.1, -0.05) is 43.6 Å². The molecule has 0 aromatic heterocycles. The molecule has 1 unspecified atom stereocenters. The lowest BCUT2D eigenvalue weighted by molar-refractivity contribution is -0.233. The molecule has 4 nitrogen and oxygen atoms in total. The summed E-state index contributed by atoms with van der Waals surface area (Å²) in [5, 5.41) is 2.99. The number of ether oxygens (including phenoxy) is 2. The van der Waals surface area contributed by atoms with E-state index in [2.05, 4.69) is 48.9 Å². The molecule has 1 spiro atoms. The van der Waals surface area contributed by atoms with Gasteiger partial charge in [-0.05, 0) is 43.1 Å². The highest BCUT2D eigenvalue weighted by Crippen LogP contribution is 2.66. The summed E-state index contributed by atoms with van der Waals surface area (Å²) in [6, 6.07) is 1.99. The second-order valence-corrected chi connectivity index (χ2v) is 11.6. The summed E-state index contributed by atoms with van der Waals surface area (Å²) in [6.45, 7) is 10.2. The number of methoxy groups -OCH3 is 1. The largest absolute Gasteiger partial charge is 0.486 e. The second kappa shape index (κ2) is 6.23. The zero-order chi connectivity index (χ0) is 20.8. The van der Waals surface area contributed by atoms with Crippen molar-refractivity contribution in [2.24, 2.45) is 22.7 Å². The molecule has 29 heavy (non-hydrogen) atoms. The predicted octanol–water partition coefficient (Wildman–Crippen LogP) is 5.25. The summed E-state index contributed by atoms with van der Waals surface area (Å²) in [4.78, 5) is 12.4. The Morgan fingerprint density at radius 3 is 2.69 bits per heavy atom. The van der Waals surface area contributed by atoms with Gasteiger partial charge in [0.15, 0.2) is 0 Å². The summed E-state index contributed by atoms with van der Waals surface area (Å²) in [6.07, 6.45) is 5.63. The van der Waals surface area contributed by atoms with E-state index in [1.54, 1.807) is 0 Å². The highest BCUT2D eigenvalue weighted by molar-refractivity contribution is 9.10. The zero-order valence-corrected chi connectivity index (χ0v) is 19.7. The van der Waals surface area contributed by atoms with Crippen LogP contribution in [0.2, 0.25) is 0 Å². The average molecular weight is 462 g/mol. The lowest BCUT2D eigenvalue weighted by Gasteiger charge is -2.67. The van der Waals surface area contributed by atoms with Crippen LogP contribution >= 0.6 is 15.9 Å². The van der Waals surface area contributed by atoms with E-state index in [1.807, 2.05) is 13.2 Å². The van der Waals surface area contributed by atoms with Crippen LogP contribution in [0.3, 0.4) is 0 Å². The van der Waals surface area contributed by atoms with E-state index in [0.717, 1.165) is 40.6 Å². The molecule has 0 radical (unpaired) electrons. The maximum absolute atomic E-state index is 12.4. The molecule has 158 valence electrons. The molecule has 0 bridgehead atoms. The number of carbonyl (C=O) groups excluding carboxylic acids is 1. The van der Waals surface area contributed by atoms with Crippen molar-refractivity contribution in [3.63, 3.8) is 0 Å². The number of halogens is 1. The summed E-state index contributed by atoms with van der Waals surface area (Å²) in [5.74, 6) is 2.01. The van der Waals surface area contributed by atoms with Crippen molar-refractivity contribution >= 4 is 21.8 Å². The first-order valence-electron chi connectivity index (χ1n) is 11.0. The minimum absolute atomic E-state index is 0.00485. The number of hydrogen-bond donors (Lipinski definition) is 1. The van der Waals surface area contributed by atoms with Gasteiger partial charge in [0.25, 0.3) is 5.91 Å². The average Bonchev–Trinajstić information content (AvgIpc) is 3.02. The van der Waals surface area contributed by atoms with Crippen LogP contribution in [-0.4, -0.2) is 24.7 Å². The Kier molecular flexibility index (Phi) is 4.27. The van der Waals surface area contributed by atoms with Gasteiger partial charge >= 0.3 is 0 Å². The number of nitrogens with one attached hydrogen (secondary N) is 1. The smallest absolute Gasteiger partial charge is 0.252 e. The van der Waals surface area contributed by atoms with Gasteiger partial charge in [-0.25, -0.2) is 0 Å². The highest BCUT2D eigenvalue weighted by atomic mass is 79.9. The fourth-order valence-electron chi connectivity index (χ4n) is 7.23. The molecule has 2 saturated carbocycles. The molecular weight excluding hydrogens is 430 g/mol. The third kappa shape index (κ3) is 2.49. The van der Waals surface area contributed by atoms with Crippen LogP contribution in [0.5, 0.6) is 5.75 Å². The normalized spacial score (nSPS) is 39.5. The number of rotatable bonds is 1. The lowest BCUT2D eigenvalue weighted by atomic mass is 9.44. The molecule has 0 saturated heterocycles. The van der Waals surface area contributed by atoms with Gasteiger partial charge in [-0.15, -0.1) is 0 Å². The van der Waals surface area contributed by atoms with E-state index < -0.39 is 0 Å². The molecule has 4 aliphatic rings. The maximum Gasteiger partial charge on any atom is 0.252 e. The third-order valence-corrected chi connectivity index (χ3v) is 9.71. The summed E-state index contributed by atoms with van der Waals surface area (Å²) in [5.41, 5.74) is 2.96. The molecule has 2 aliphatic heterocycles. The zero-order valence-electron chi connectivity index (χ0n) is 18.2. The topological polar surface area (TPSA) is 47.6 Å². The van der Waals surface area contributed by atoms with Crippen LogP contribution in [0.25, 0.3) is 0 Å². The van der Waals surface area contributed by atoms with Crippen LogP contribution in [0.1, 0.15) is 74.9 Å². The Morgan fingerprint density at radius 1 is 1.21 bits per heavy atom. The Labute approximate surface area is 182 Å². The molecule has 2 aliphatic carbocycles. The quantitative estimate of drug-likeness (QED) is 0.620. The monoisotopic (exact) mass is 461 g/mol. The van der Waals surface area contributed by atoms with Crippen molar-refractivity contribution in [1.29, 1.82) is 0 Å². The van der Waals surface area contributed by atoms with Gasteiger partial charge in [0.1, 0.15) is 11.4 Å². The fraction of sp³-hybridized carbons (Fsp3) is 0.708. The van der Waals surface area contributed by atoms with E-state index in [-0.39, 0.29) is 28.4 Å². The first-order valence-corrected chi connectivity index (χ1v) is 11.8. The van der Waals surface area contributed by atoms with E-state index >= 15 is 0 Å². The molecule has 1 N–H and O–H groups in total. The predicted molar refractivity (Wildman–Crippen MR) is 116 cm³/mol. The number of hydrogen-bond acceptors (Lipinski definition) is 3.